The molecule has 0 atom stereocenters. The minimum atomic E-state index is -4.24. The van der Waals surface area contributed by atoms with Crippen LogP contribution in [0.4, 0.5) is 14.5 Å². The van der Waals surface area contributed by atoms with E-state index in [4.69, 9.17) is 9.15 Å². The van der Waals surface area contributed by atoms with Crippen LogP contribution in [0.2, 0.25) is 0 Å². The lowest BCUT2D eigenvalue weighted by Crippen LogP contribution is -2.15. The fraction of sp³-hybridized carbons (Fsp3) is 0.0435. The van der Waals surface area contributed by atoms with Crippen LogP contribution in [0.15, 0.2) is 82.1 Å². The van der Waals surface area contributed by atoms with Crippen molar-refractivity contribution in [2.24, 2.45) is 0 Å². The van der Waals surface area contributed by atoms with Gasteiger partial charge in [-0.3, -0.25) is 9.52 Å². The molecule has 10 heteroatoms. The monoisotopic (exact) mass is 471 g/mol. The van der Waals surface area contributed by atoms with Gasteiger partial charge in [-0.25, -0.2) is 22.0 Å². The minimum absolute atomic E-state index is 0.0159. The first-order valence-corrected chi connectivity index (χ1v) is 11.0. The van der Waals surface area contributed by atoms with Crippen LogP contribution >= 0.6 is 0 Å². The predicted octanol–water partition coefficient (Wildman–Crippen LogP) is 4.55. The van der Waals surface area contributed by atoms with E-state index in [9.17, 15) is 26.8 Å². The number of rotatable bonds is 7. The molecule has 0 radical (unpaired) electrons. The number of benzene rings is 3. The first kappa shape index (κ1) is 22.2. The molecule has 1 aromatic heterocycles. The number of halogens is 2. The van der Waals surface area contributed by atoms with E-state index < -0.39 is 44.9 Å². The smallest absolute Gasteiger partial charge is 0.338 e. The molecule has 0 bridgehead atoms. The average Bonchev–Trinajstić information content (AvgIpc) is 3.23. The molecule has 1 heterocycles. The summed E-state index contributed by atoms with van der Waals surface area (Å²) in [6.07, 6.45) is 0. The zero-order valence-corrected chi connectivity index (χ0v) is 17.6. The van der Waals surface area contributed by atoms with E-state index in [1.54, 1.807) is 30.3 Å². The summed E-state index contributed by atoms with van der Waals surface area (Å²) in [5.74, 6) is -3.87. The summed E-state index contributed by atoms with van der Waals surface area (Å²) in [6.45, 7) is -0.580. The van der Waals surface area contributed by atoms with Gasteiger partial charge in [0.2, 0.25) is 5.78 Å². The van der Waals surface area contributed by atoms with Crippen molar-refractivity contribution in [2.45, 2.75) is 4.90 Å². The Morgan fingerprint density at radius 2 is 1.70 bits per heavy atom. The fourth-order valence-electron chi connectivity index (χ4n) is 2.97. The summed E-state index contributed by atoms with van der Waals surface area (Å²) in [6, 6.07) is 16.0. The van der Waals surface area contributed by atoms with E-state index in [1.807, 2.05) is 0 Å². The first-order valence-electron chi connectivity index (χ1n) is 9.50. The molecule has 0 amide bonds. The molecule has 0 aliphatic heterocycles. The van der Waals surface area contributed by atoms with Gasteiger partial charge in [0.25, 0.3) is 10.0 Å². The van der Waals surface area contributed by atoms with Crippen LogP contribution in [0.5, 0.6) is 0 Å². The number of nitrogens with one attached hydrogen (secondary N) is 1. The molecule has 4 aromatic rings. The van der Waals surface area contributed by atoms with E-state index in [-0.39, 0.29) is 17.0 Å². The second kappa shape index (κ2) is 8.83. The SMILES string of the molecule is O=C(OCC(=O)c1cc2ccccc2o1)c1cccc(NS(=O)(=O)c2ccc(F)c(F)c2)c1. The highest BCUT2D eigenvalue weighted by molar-refractivity contribution is 7.92. The number of anilines is 1. The number of sulfonamides is 1. The van der Waals surface area contributed by atoms with Gasteiger partial charge in [-0.05, 0) is 48.5 Å². The Morgan fingerprint density at radius 1 is 0.909 bits per heavy atom. The Kier molecular flexibility index (Phi) is 5.93. The summed E-state index contributed by atoms with van der Waals surface area (Å²) in [5.41, 5.74) is 0.476. The lowest BCUT2D eigenvalue weighted by molar-refractivity contribution is 0.0468. The van der Waals surface area contributed by atoms with Gasteiger partial charge in [-0.1, -0.05) is 24.3 Å². The minimum Gasteiger partial charge on any atom is -0.454 e. The molecule has 168 valence electrons. The van der Waals surface area contributed by atoms with Gasteiger partial charge in [0.15, 0.2) is 24.0 Å². The number of carbonyl (C=O) groups excluding carboxylic acids is 2. The van der Waals surface area contributed by atoms with Gasteiger partial charge in [0, 0.05) is 11.1 Å². The summed E-state index contributed by atoms with van der Waals surface area (Å²) >= 11 is 0. The third kappa shape index (κ3) is 4.90. The highest BCUT2D eigenvalue weighted by Crippen LogP contribution is 2.21. The molecule has 0 spiro atoms. The van der Waals surface area contributed by atoms with Gasteiger partial charge in [-0.15, -0.1) is 0 Å². The van der Waals surface area contributed by atoms with Crippen molar-refractivity contribution in [3.8, 4) is 0 Å². The fourth-order valence-corrected chi connectivity index (χ4v) is 4.03. The number of fused-ring (bicyclic) bond motifs is 1. The van der Waals surface area contributed by atoms with Crippen molar-refractivity contribution in [2.75, 3.05) is 11.3 Å². The maximum absolute atomic E-state index is 13.4. The number of ether oxygens (including phenoxy) is 1. The average molecular weight is 471 g/mol. The van der Waals surface area contributed by atoms with E-state index in [0.29, 0.717) is 17.7 Å². The molecular formula is C23H15F2NO6S. The van der Waals surface area contributed by atoms with Crippen LogP contribution in [-0.4, -0.2) is 26.8 Å². The largest absolute Gasteiger partial charge is 0.454 e. The van der Waals surface area contributed by atoms with Crippen LogP contribution in [-0.2, 0) is 14.8 Å². The van der Waals surface area contributed by atoms with Crippen molar-refractivity contribution in [3.05, 3.63) is 95.8 Å². The molecular weight excluding hydrogens is 456 g/mol. The highest BCUT2D eigenvalue weighted by Gasteiger charge is 2.19. The summed E-state index contributed by atoms with van der Waals surface area (Å²) < 4.78 is 63.9. The zero-order chi connectivity index (χ0) is 23.6. The normalized spacial score (nSPS) is 11.3. The van der Waals surface area contributed by atoms with E-state index in [2.05, 4.69) is 4.72 Å². The van der Waals surface area contributed by atoms with Gasteiger partial charge in [0.1, 0.15) is 5.58 Å². The zero-order valence-electron chi connectivity index (χ0n) is 16.7. The van der Waals surface area contributed by atoms with Crippen LogP contribution in [0.25, 0.3) is 11.0 Å². The number of hydrogen-bond donors (Lipinski definition) is 1. The summed E-state index contributed by atoms with van der Waals surface area (Å²) in [7, 11) is -4.24. The maximum Gasteiger partial charge on any atom is 0.338 e. The molecule has 0 aliphatic carbocycles. The number of para-hydroxylation sites is 1. The maximum atomic E-state index is 13.4. The molecule has 1 N–H and O–H groups in total. The Hall–Kier alpha value is -4.05. The molecule has 3 aromatic carbocycles. The van der Waals surface area contributed by atoms with Crippen LogP contribution in [0.3, 0.4) is 0 Å². The standard InChI is InChI=1S/C23H15F2NO6S/c24-18-9-8-17(12-19(18)25)33(29,30)26-16-6-3-5-15(10-16)23(28)31-13-20(27)22-11-14-4-1-2-7-21(14)32-22/h1-12,26H,13H2. The van der Waals surface area contributed by atoms with Gasteiger partial charge < -0.3 is 9.15 Å². The molecule has 0 fully saturated rings. The topological polar surface area (TPSA) is 103 Å². The second-order valence-corrected chi connectivity index (χ2v) is 8.59. The first-order chi connectivity index (χ1) is 15.7. The number of ketones is 1. The van der Waals surface area contributed by atoms with Crippen LogP contribution < -0.4 is 4.72 Å². The van der Waals surface area contributed by atoms with Crippen molar-refractivity contribution < 1.29 is 35.9 Å². The Morgan fingerprint density at radius 3 is 2.45 bits per heavy atom. The number of furan rings is 1. The number of Topliss-reactive ketones (excluding diaryl/α,β-unsaturated/α-hetero) is 1. The van der Waals surface area contributed by atoms with Crippen LogP contribution in [0, 0.1) is 11.6 Å². The van der Waals surface area contributed by atoms with E-state index >= 15 is 0 Å². The third-order valence-corrected chi connectivity index (χ3v) is 5.97. The molecule has 7 nitrogen and oxygen atoms in total. The Bertz CT molecular complexity index is 1450. The Labute approximate surface area is 186 Å². The second-order valence-electron chi connectivity index (χ2n) is 6.91. The van der Waals surface area contributed by atoms with Crippen molar-refractivity contribution >= 4 is 38.4 Å². The molecule has 4 rings (SSSR count). The van der Waals surface area contributed by atoms with Crippen molar-refractivity contribution in [3.63, 3.8) is 0 Å². The molecule has 0 saturated heterocycles. The van der Waals surface area contributed by atoms with E-state index in [0.717, 1.165) is 11.5 Å². The van der Waals surface area contributed by atoms with Gasteiger partial charge in [-0.2, -0.15) is 0 Å². The van der Waals surface area contributed by atoms with E-state index in [1.165, 1.54) is 24.3 Å². The Balaban J connectivity index is 1.43. The summed E-state index contributed by atoms with van der Waals surface area (Å²) in [5, 5.41) is 0.730. The predicted molar refractivity (Wildman–Crippen MR) is 114 cm³/mol. The van der Waals surface area contributed by atoms with Crippen LogP contribution in [0.1, 0.15) is 20.9 Å². The number of hydrogen-bond acceptors (Lipinski definition) is 6. The molecule has 33 heavy (non-hydrogen) atoms. The number of esters is 1. The molecule has 0 aliphatic rings. The molecule has 0 unspecified atom stereocenters. The lowest BCUT2D eigenvalue weighted by atomic mass is 10.2. The van der Waals surface area contributed by atoms with Gasteiger partial charge in [0.05, 0.1) is 10.5 Å². The lowest BCUT2D eigenvalue weighted by Gasteiger charge is -2.10. The van der Waals surface area contributed by atoms with Gasteiger partial charge >= 0.3 is 5.97 Å². The number of carbonyl (C=O) groups is 2. The summed E-state index contributed by atoms with van der Waals surface area (Å²) in [4.78, 5) is 24.1. The quantitative estimate of drug-likeness (QED) is 0.313. The third-order valence-electron chi connectivity index (χ3n) is 4.59. The van der Waals surface area contributed by atoms with Crippen molar-refractivity contribution in [1.29, 1.82) is 0 Å². The van der Waals surface area contributed by atoms with Crippen molar-refractivity contribution in [1.82, 2.24) is 0 Å². The molecule has 0 saturated carbocycles. The highest BCUT2D eigenvalue weighted by atomic mass is 32.2.